The molecule has 18 heavy (non-hydrogen) atoms. The second-order valence-electron chi connectivity index (χ2n) is 4.62. The summed E-state index contributed by atoms with van der Waals surface area (Å²) in [5.74, 6) is 1.82. The molecule has 1 aliphatic rings. The van der Waals surface area contributed by atoms with E-state index < -0.39 is 0 Å². The van der Waals surface area contributed by atoms with Gasteiger partial charge in [-0.2, -0.15) is 0 Å². The predicted molar refractivity (Wildman–Crippen MR) is 70.3 cm³/mol. The molecule has 0 aliphatic carbocycles. The Morgan fingerprint density at radius 2 is 2.33 bits per heavy atom. The first kappa shape index (κ1) is 13.2. The van der Waals surface area contributed by atoms with Crippen molar-refractivity contribution in [3.8, 4) is 11.5 Å². The molecule has 2 unspecified atom stereocenters. The third-order valence-corrected chi connectivity index (χ3v) is 3.29. The van der Waals surface area contributed by atoms with E-state index in [-0.39, 0.29) is 12.0 Å². The normalized spacial score (nSPS) is 20.7. The average molecular weight is 251 g/mol. The van der Waals surface area contributed by atoms with Crippen molar-refractivity contribution in [1.29, 1.82) is 0 Å². The summed E-state index contributed by atoms with van der Waals surface area (Å²) in [6.07, 6.45) is 1.04. The lowest BCUT2D eigenvalue weighted by atomic mass is 10.00. The van der Waals surface area contributed by atoms with Crippen molar-refractivity contribution in [2.24, 2.45) is 5.73 Å². The first-order valence-corrected chi connectivity index (χ1v) is 6.37. The SMILES string of the molecule is COc1cccc(C(C)CN)c1OC1CCOC1. The van der Waals surface area contributed by atoms with Gasteiger partial charge in [0.2, 0.25) is 0 Å². The topological polar surface area (TPSA) is 53.7 Å². The van der Waals surface area contributed by atoms with E-state index in [4.69, 9.17) is 19.9 Å². The van der Waals surface area contributed by atoms with Gasteiger partial charge in [0.1, 0.15) is 6.10 Å². The lowest BCUT2D eigenvalue weighted by Gasteiger charge is -2.21. The zero-order valence-corrected chi connectivity index (χ0v) is 11.0. The van der Waals surface area contributed by atoms with Gasteiger partial charge in [-0.1, -0.05) is 19.1 Å². The van der Waals surface area contributed by atoms with Gasteiger partial charge in [-0.25, -0.2) is 0 Å². The van der Waals surface area contributed by atoms with E-state index in [1.54, 1.807) is 7.11 Å². The molecular formula is C14H21NO3. The maximum Gasteiger partial charge on any atom is 0.165 e. The maximum absolute atomic E-state index is 6.05. The van der Waals surface area contributed by atoms with Crippen LogP contribution in [0.3, 0.4) is 0 Å². The molecule has 2 rings (SSSR count). The Labute approximate surface area is 108 Å². The van der Waals surface area contributed by atoms with Crippen LogP contribution in [0.4, 0.5) is 0 Å². The van der Waals surface area contributed by atoms with Gasteiger partial charge in [-0.3, -0.25) is 0 Å². The zero-order chi connectivity index (χ0) is 13.0. The van der Waals surface area contributed by atoms with E-state index in [9.17, 15) is 0 Å². The van der Waals surface area contributed by atoms with E-state index in [2.05, 4.69) is 6.92 Å². The highest BCUT2D eigenvalue weighted by atomic mass is 16.6. The van der Waals surface area contributed by atoms with E-state index in [1.807, 2.05) is 18.2 Å². The molecule has 1 aromatic rings. The van der Waals surface area contributed by atoms with Crippen molar-refractivity contribution in [1.82, 2.24) is 0 Å². The summed E-state index contributed by atoms with van der Waals surface area (Å²) in [7, 11) is 1.66. The van der Waals surface area contributed by atoms with Crippen LogP contribution in [0.1, 0.15) is 24.8 Å². The minimum Gasteiger partial charge on any atom is -0.493 e. The van der Waals surface area contributed by atoms with E-state index in [0.717, 1.165) is 30.1 Å². The molecule has 1 saturated heterocycles. The molecule has 0 radical (unpaired) electrons. The largest absolute Gasteiger partial charge is 0.493 e. The fourth-order valence-electron chi connectivity index (χ4n) is 2.11. The van der Waals surface area contributed by atoms with Gasteiger partial charge in [0.05, 0.1) is 20.3 Å². The van der Waals surface area contributed by atoms with Gasteiger partial charge < -0.3 is 19.9 Å². The number of hydrogen-bond donors (Lipinski definition) is 1. The highest BCUT2D eigenvalue weighted by molar-refractivity contribution is 5.48. The third kappa shape index (κ3) is 2.76. The lowest BCUT2D eigenvalue weighted by Crippen LogP contribution is -2.19. The van der Waals surface area contributed by atoms with Crippen LogP contribution in [0.15, 0.2) is 18.2 Å². The van der Waals surface area contributed by atoms with Crippen molar-refractivity contribution < 1.29 is 14.2 Å². The molecule has 4 nitrogen and oxygen atoms in total. The Hall–Kier alpha value is -1.26. The van der Waals surface area contributed by atoms with Gasteiger partial charge >= 0.3 is 0 Å². The number of rotatable bonds is 5. The van der Waals surface area contributed by atoms with Crippen LogP contribution in [0, 0.1) is 0 Å². The Bertz CT molecular complexity index is 389. The minimum atomic E-state index is 0.116. The monoisotopic (exact) mass is 251 g/mol. The predicted octanol–water partition coefficient (Wildman–Crippen LogP) is 1.93. The number of hydrogen-bond acceptors (Lipinski definition) is 4. The summed E-state index contributed by atoms with van der Waals surface area (Å²) >= 11 is 0. The molecule has 0 bridgehead atoms. The Kier molecular flexibility index (Phi) is 4.44. The van der Waals surface area contributed by atoms with Gasteiger partial charge in [-0.15, -0.1) is 0 Å². The molecule has 0 amide bonds. The molecule has 1 heterocycles. The molecular weight excluding hydrogens is 230 g/mol. The van der Waals surface area contributed by atoms with Crippen LogP contribution in [0.2, 0.25) is 0 Å². The summed E-state index contributed by atoms with van der Waals surface area (Å²) in [5, 5.41) is 0. The van der Waals surface area contributed by atoms with E-state index in [0.29, 0.717) is 13.2 Å². The molecule has 0 aromatic heterocycles. The van der Waals surface area contributed by atoms with E-state index in [1.165, 1.54) is 0 Å². The van der Waals surface area contributed by atoms with Crippen LogP contribution >= 0.6 is 0 Å². The molecule has 1 aromatic carbocycles. The summed E-state index contributed by atoms with van der Waals surface area (Å²) < 4.78 is 16.8. The number of nitrogens with two attached hydrogens (primary N) is 1. The zero-order valence-electron chi connectivity index (χ0n) is 11.0. The van der Waals surface area contributed by atoms with Gasteiger partial charge in [0, 0.05) is 12.0 Å². The van der Waals surface area contributed by atoms with Crippen molar-refractivity contribution in [3.63, 3.8) is 0 Å². The molecule has 2 atom stereocenters. The molecule has 0 saturated carbocycles. The number of ether oxygens (including phenoxy) is 3. The summed E-state index contributed by atoms with van der Waals surface area (Å²) in [6, 6.07) is 5.93. The number of benzene rings is 1. The minimum absolute atomic E-state index is 0.116. The lowest BCUT2D eigenvalue weighted by molar-refractivity contribution is 0.137. The van der Waals surface area contributed by atoms with Crippen LogP contribution < -0.4 is 15.2 Å². The second kappa shape index (κ2) is 6.07. The van der Waals surface area contributed by atoms with Crippen molar-refractivity contribution >= 4 is 0 Å². The highest BCUT2D eigenvalue weighted by Crippen LogP contribution is 2.36. The standard InChI is InChI=1S/C14H21NO3/c1-10(8-15)12-4-3-5-13(16-2)14(12)18-11-6-7-17-9-11/h3-5,10-11H,6-9,15H2,1-2H3. The molecule has 100 valence electrons. The van der Waals surface area contributed by atoms with Crippen molar-refractivity contribution in [2.75, 3.05) is 26.9 Å². The van der Waals surface area contributed by atoms with Gasteiger partial charge in [0.15, 0.2) is 11.5 Å². The first-order valence-electron chi connectivity index (χ1n) is 6.37. The summed E-state index contributed by atoms with van der Waals surface area (Å²) in [4.78, 5) is 0. The molecule has 1 aliphatic heterocycles. The Morgan fingerprint density at radius 1 is 1.50 bits per heavy atom. The average Bonchev–Trinajstić information content (AvgIpc) is 2.91. The quantitative estimate of drug-likeness (QED) is 0.868. The third-order valence-electron chi connectivity index (χ3n) is 3.29. The molecule has 2 N–H and O–H groups in total. The number of methoxy groups -OCH3 is 1. The smallest absolute Gasteiger partial charge is 0.165 e. The fourth-order valence-corrected chi connectivity index (χ4v) is 2.11. The van der Waals surface area contributed by atoms with Crippen LogP contribution in [-0.2, 0) is 4.74 Å². The fraction of sp³-hybridized carbons (Fsp3) is 0.571. The van der Waals surface area contributed by atoms with Crippen molar-refractivity contribution in [3.05, 3.63) is 23.8 Å². The van der Waals surface area contributed by atoms with E-state index >= 15 is 0 Å². The second-order valence-corrected chi connectivity index (χ2v) is 4.62. The summed E-state index contributed by atoms with van der Waals surface area (Å²) in [6.45, 7) is 4.09. The highest BCUT2D eigenvalue weighted by Gasteiger charge is 2.22. The first-order chi connectivity index (χ1) is 8.76. The van der Waals surface area contributed by atoms with Crippen LogP contribution in [0.25, 0.3) is 0 Å². The summed E-state index contributed by atoms with van der Waals surface area (Å²) in [5.41, 5.74) is 6.85. The van der Waals surface area contributed by atoms with Crippen LogP contribution in [-0.4, -0.2) is 33.0 Å². The maximum atomic E-state index is 6.05. The van der Waals surface area contributed by atoms with Crippen molar-refractivity contribution in [2.45, 2.75) is 25.4 Å². The molecule has 0 spiro atoms. The van der Waals surface area contributed by atoms with Gasteiger partial charge in [-0.05, 0) is 18.5 Å². The Balaban J connectivity index is 2.27. The van der Waals surface area contributed by atoms with Gasteiger partial charge in [0.25, 0.3) is 0 Å². The Morgan fingerprint density at radius 3 is 2.94 bits per heavy atom. The number of para-hydroxylation sites is 1. The van der Waals surface area contributed by atoms with Crippen LogP contribution in [0.5, 0.6) is 11.5 Å². The molecule has 1 fully saturated rings. The molecule has 4 heteroatoms.